The van der Waals surface area contributed by atoms with E-state index in [4.69, 9.17) is 9.72 Å². The molecule has 0 fully saturated rings. The van der Waals surface area contributed by atoms with Gasteiger partial charge in [0.1, 0.15) is 12.1 Å². The molecule has 0 saturated carbocycles. The summed E-state index contributed by atoms with van der Waals surface area (Å²) in [7, 11) is 0. The minimum absolute atomic E-state index is 0.0234. The number of ether oxygens (including phenoxy) is 1. The van der Waals surface area contributed by atoms with E-state index in [1.54, 1.807) is 23.0 Å². The van der Waals surface area contributed by atoms with Crippen molar-refractivity contribution in [2.75, 3.05) is 0 Å². The van der Waals surface area contributed by atoms with Gasteiger partial charge in [0.15, 0.2) is 11.5 Å². The first-order valence-corrected chi connectivity index (χ1v) is 12.9. The molecular formula is C31H23N5O3. The molecule has 5 aromatic rings. The standard InChI is InChI=1S/C31H23N5O3/c37-36(38)24-16-14-22(15-17-24)29-33-30-27-26(21-10-5-2-6-11-21)25-13-7-12-23(18-20-8-3-1-4-9-20)28(25)39-31(27)32-19-35(30)34-29/h1-6,8-11,14-19,26H,7,12-13H2/b23-18+/t26-/m0/s1. The molecule has 8 heteroatoms. The van der Waals surface area contributed by atoms with Crippen LogP contribution in [-0.2, 0) is 0 Å². The van der Waals surface area contributed by atoms with Gasteiger partial charge >= 0.3 is 0 Å². The van der Waals surface area contributed by atoms with Gasteiger partial charge in [0.25, 0.3) is 5.69 Å². The fourth-order valence-electron chi connectivity index (χ4n) is 5.53. The van der Waals surface area contributed by atoms with Gasteiger partial charge in [0, 0.05) is 23.6 Å². The van der Waals surface area contributed by atoms with E-state index in [1.165, 1.54) is 23.3 Å². The molecule has 2 aromatic heterocycles. The highest BCUT2D eigenvalue weighted by Gasteiger charge is 2.37. The van der Waals surface area contributed by atoms with Crippen molar-refractivity contribution in [1.82, 2.24) is 19.6 Å². The zero-order valence-electron chi connectivity index (χ0n) is 20.9. The molecule has 0 radical (unpaired) electrons. The Morgan fingerprint density at radius 1 is 0.949 bits per heavy atom. The second kappa shape index (κ2) is 9.33. The van der Waals surface area contributed by atoms with Gasteiger partial charge in [-0.1, -0.05) is 60.7 Å². The van der Waals surface area contributed by atoms with E-state index in [2.05, 4.69) is 40.4 Å². The highest BCUT2D eigenvalue weighted by atomic mass is 16.6. The molecule has 0 bridgehead atoms. The highest BCUT2D eigenvalue weighted by Crippen LogP contribution is 2.49. The number of benzene rings is 3. The van der Waals surface area contributed by atoms with Crippen LogP contribution >= 0.6 is 0 Å². The number of nitro groups is 1. The van der Waals surface area contributed by atoms with Crippen molar-refractivity contribution in [2.45, 2.75) is 25.2 Å². The molecular weight excluding hydrogens is 490 g/mol. The first kappa shape index (κ1) is 23.0. The van der Waals surface area contributed by atoms with Gasteiger partial charge in [0.05, 0.1) is 10.5 Å². The van der Waals surface area contributed by atoms with E-state index in [1.807, 2.05) is 36.4 Å². The molecule has 0 N–H and O–H groups in total. The zero-order chi connectivity index (χ0) is 26.3. The van der Waals surface area contributed by atoms with E-state index in [0.29, 0.717) is 22.9 Å². The number of nitrogens with zero attached hydrogens (tertiary/aromatic N) is 5. The fraction of sp³-hybridized carbons (Fsp3) is 0.129. The van der Waals surface area contributed by atoms with Crippen LogP contribution in [0.4, 0.5) is 5.69 Å². The third kappa shape index (κ3) is 4.06. The lowest BCUT2D eigenvalue weighted by Gasteiger charge is -2.34. The number of fused-ring (bicyclic) bond motifs is 3. The first-order valence-electron chi connectivity index (χ1n) is 12.9. The number of hydrogen-bond acceptors (Lipinski definition) is 6. The molecule has 0 saturated heterocycles. The molecule has 2 aliphatic rings. The first-order chi connectivity index (χ1) is 19.2. The lowest BCUT2D eigenvalue weighted by molar-refractivity contribution is -0.384. The van der Waals surface area contributed by atoms with Crippen LogP contribution < -0.4 is 4.74 Å². The summed E-state index contributed by atoms with van der Waals surface area (Å²) >= 11 is 0. The van der Waals surface area contributed by atoms with Gasteiger partial charge in [0.2, 0.25) is 5.88 Å². The molecule has 3 heterocycles. The molecule has 0 unspecified atom stereocenters. The Labute approximate surface area is 224 Å². The average Bonchev–Trinajstić information content (AvgIpc) is 3.42. The van der Waals surface area contributed by atoms with Crippen LogP contribution in [0.25, 0.3) is 23.1 Å². The van der Waals surface area contributed by atoms with E-state index in [0.717, 1.165) is 41.7 Å². The Kier molecular flexibility index (Phi) is 5.51. The Morgan fingerprint density at radius 3 is 2.44 bits per heavy atom. The normalized spacial score (nSPS) is 17.5. The molecule has 39 heavy (non-hydrogen) atoms. The Hall–Kier alpha value is -5.11. The van der Waals surface area contributed by atoms with Crippen LogP contribution in [0.3, 0.4) is 0 Å². The predicted octanol–water partition coefficient (Wildman–Crippen LogP) is 6.75. The summed E-state index contributed by atoms with van der Waals surface area (Å²) in [6, 6.07) is 27.0. The minimum Gasteiger partial charge on any atom is -0.438 e. The molecule has 0 amide bonds. The monoisotopic (exact) mass is 513 g/mol. The largest absolute Gasteiger partial charge is 0.438 e. The molecule has 0 spiro atoms. The quantitative estimate of drug-likeness (QED) is 0.195. The molecule has 7 rings (SSSR count). The maximum Gasteiger partial charge on any atom is 0.269 e. The van der Waals surface area contributed by atoms with E-state index in [9.17, 15) is 10.1 Å². The number of aromatic nitrogens is 4. The maximum atomic E-state index is 11.1. The molecule has 3 aromatic carbocycles. The predicted molar refractivity (Wildman–Crippen MR) is 147 cm³/mol. The smallest absolute Gasteiger partial charge is 0.269 e. The molecule has 190 valence electrons. The Balaban J connectivity index is 1.40. The second-order valence-electron chi connectivity index (χ2n) is 9.70. The van der Waals surface area contributed by atoms with Crippen LogP contribution in [0.15, 0.2) is 108 Å². The second-order valence-corrected chi connectivity index (χ2v) is 9.70. The number of non-ortho nitro benzene ring substituents is 1. The maximum absolute atomic E-state index is 11.1. The Morgan fingerprint density at radius 2 is 1.69 bits per heavy atom. The third-order valence-electron chi connectivity index (χ3n) is 7.31. The van der Waals surface area contributed by atoms with E-state index in [-0.39, 0.29) is 11.6 Å². The number of hydrogen-bond donors (Lipinski definition) is 0. The zero-order valence-corrected chi connectivity index (χ0v) is 20.9. The summed E-state index contributed by atoms with van der Waals surface area (Å²) in [5.41, 5.74) is 6.93. The highest BCUT2D eigenvalue weighted by molar-refractivity contribution is 5.69. The number of allylic oxidation sites excluding steroid dienone is 2. The Bertz CT molecular complexity index is 1770. The summed E-state index contributed by atoms with van der Waals surface area (Å²) < 4.78 is 8.25. The summed E-state index contributed by atoms with van der Waals surface area (Å²) in [4.78, 5) is 20.3. The fourth-order valence-corrected chi connectivity index (χ4v) is 5.53. The topological polar surface area (TPSA) is 95.5 Å². The molecule has 1 atom stereocenters. The van der Waals surface area contributed by atoms with Crippen LogP contribution in [-0.4, -0.2) is 24.5 Å². The third-order valence-corrected chi connectivity index (χ3v) is 7.31. The van der Waals surface area contributed by atoms with E-state index < -0.39 is 4.92 Å². The number of nitro benzene ring substituents is 1. The van der Waals surface area contributed by atoms with Gasteiger partial charge in [-0.2, -0.15) is 0 Å². The molecule has 1 aliphatic carbocycles. The van der Waals surface area contributed by atoms with Crippen LogP contribution in [0.5, 0.6) is 5.88 Å². The summed E-state index contributed by atoms with van der Waals surface area (Å²) in [5, 5.41) is 15.8. The lowest BCUT2D eigenvalue weighted by atomic mass is 9.77. The van der Waals surface area contributed by atoms with Gasteiger partial charge in [-0.05, 0) is 59.7 Å². The van der Waals surface area contributed by atoms with Crippen LogP contribution in [0.1, 0.15) is 41.9 Å². The molecule has 8 nitrogen and oxygen atoms in total. The van der Waals surface area contributed by atoms with Crippen molar-refractivity contribution in [3.63, 3.8) is 0 Å². The van der Waals surface area contributed by atoms with Gasteiger partial charge in [-0.15, -0.1) is 5.10 Å². The summed E-state index contributed by atoms with van der Waals surface area (Å²) in [6.45, 7) is 0. The lowest BCUT2D eigenvalue weighted by Crippen LogP contribution is -2.22. The average molecular weight is 514 g/mol. The van der Waals surface area contributed by atoms with E-state index >= 15 is 0 Å². The van der Waals surface area contributed by atoms with Crippen molar-refractivity contribution >= 4 is 17.4 Å². The molecule has 1 aliphatic heterocycles. The van der Waals surface area contributed by atoms with Gasteiger partial charge < -0.3 is 4.74 Å². The van der Waals surface area contributed by atoms with Crippen molar-refractivity contribution in [3.8, 4) is 17.3 Å². The summed E-state index contributed by atoms with van der Waals surface area (Å²) in [6.07, 6.45) is 6.70. The SMILES string of the molecule is O=[N+]([O-])c1ccc(-c2nc3c4c(ncn3n2)OC2=C(CCC/C2=C\c2ccccc2)[C@@H]4c2ccccc2)cc1. The van der Waals surface area contributed by atoms with Crippen molar-refractivity contribution in [3.05, 3.63) is 135 Å². The van der Waals surface area contributed by atoms with Crippen molar-refractivity contribution in [1.29, 1.82) is 0 Å². The van der Waals surface area contributed by atoms with Crippen LogP contribution in [0, 0.1) is 10.1 Å². The minimum atomic E-state index is -0.418. The van der Waals surface area contributed by atoms with Crippen molar-refractivity contribution < 1.29 is 9.66 Å². The summed E-state index contributed by atoms with van der Waals surface area (Å²) in [5.74, 6) is 1.81. The number of rotatable bonds is 4. The van der Waals surface area contributed by atoms with Gasteiger partial charge in [-0.25, -0.2) is 14.5 Å². The van der Waals surface area contributed by atoms with Gasteiger partial charge in [-0.3, -0.25) is 10.1 Å². The van der Waals surface area contributed by atoms with Crippen molar-refractivity contribution in [2.24, 2.45) is 0 Å². The van der Waals surface area contributed by atoms with Crippen LogP contribution in [0.2, 0.25) is 0 Å².